The number of benzene rings is 2. The predicted octanol–water partition coefficient (Wildman–Crippen LogP) is 3.76. The minimum atomic E-state index is -0.193. The highest BCUT2D eigenvalue weighted by Crippen LogP contribution is 2.22. The molecule has 0 spiro atoms. The van der Waals surface area contributed by atoms with Crippen LogP contribution in [0.5, 0.6) is 0 Å². The fourth-order valence-electron chi connectivity index (χ4n) is 1.57. The molecule has 2 aromatic carbocycles. The Labute approximate surface area is 102 Å². The van der Waals surface area contributed by atoms with Gasteiger partial charge in [0.25, 0.3) is 0 Å². The maximum atomic E-state index is 13.5. The number of nitrogen functional groups attached to an aromatic ring is 1. The number of anilines is 1. The van der Waals surface area contributed by atoms with Crippen LogP contribution in [-0.4, -0.2) is 0 Å². The van der Waals surface area contributed by atoms with Crippen LogP contribution < -0.4 is 5.73 Å². The lowest BCUT2D eigenvalue weighted by molar-refractivity contribution is 0.614. The third-order valence-corrected chi connectivity index (χ3v) is 2.94. The molecule has 2 rings (SSSR count). The first-order valence-electron chi connectivity index (χ1n) is 4.94. The van der Waals surface area contributed by atoms with Crippen LogP contribution in [0.15, 0.2) is 46.9 Å². The van der Waals surface area contributed by atoms with Gasteiger partial charge in [-0.1, -0.05) is 34.1 Å². The third-order valence-electron chi connectivity index (χ3n) is 2.44. The summed E-state index contributed by atoms with van der Waals surface area (Å²) >= 11 is 3.38. The molecule has 1 nitrogen and oxygen atoms in total. The van der Waals surface area contributed by atoms with Crippen LogP contribution >= 0.6 is 15.9 Å². The topological polar surface area (TPSA) is 26.0 Å². The molecular formula is C13H11BrFN. The van der Waals surface area contributed by atoms with Crippen molar-refractivity contribution in [2.45, 2.75) is 6.42 Å². The first-order chi connectivity index (χ1) is 7.66. The van der Waals surface area contributed by atoms with Crippen LogP contribution in [0.4, 0.5) is 10.1 Å². The van der Waals surface area contributed by atoms with Gasteiger partial charge in [0.15, 0.2) is 0 Å². The van der Waals surface area contributed by atoms with E-state index in [9.17, 15) is 4.39 Å². The standard InChI is InChI=1S/C13H11BrFN/c14-11-5-6-13(16)10(8-11)7-9-3-1-2-4-12(9)15/h1-6,8H,7,16H2. The Morgan fingerprint density at radius 2 is 1.81 bits per heavy atom. The fraction of sp³-hybridized carbons (Fsp3) is 0.0769. The Kier molecular flexibility index (Phi) is 3.25. The lowest BCUT2D eigenvalue weighted by Crippen LogP contribution is -1.97. The Hall–Kier alpha value is -1.35. The Morgan fingerprint density at radius 1 is 1.06 bits per heavy atom. The second-order valence-corrected chi connectivity index (χ2v) is 4.53. The molecule has 2 N–H and O–H groups in total. The molecule has 0 aliphatic heterocycles. The maximum Gasteiger partial charge on any atom is 0.126 e. The van der Waals surface area contributed by atoms with Crippen LogP contribution in [0.25, 0.3) is 0 Å². The summed E-state index contributed by atoms with van der Waals surface area (Å²) in [6.07, 6.45) is 0.512. The van der Waals surface area contributed by atoms with Gasteiger partial charge in [0.05, 0.1) is 0 Å². The van der Waals surface area contributed by atoms with Crippen molar-refractivity contribution < 1.29 is 4.39 Å². The zero-order chi connectivity index (χ0) is 11.5. The van der Waals surface area contributed by atoms with Gasteiger partial charge in [-0.3, -0.25) is 0 Å². The minimum absolute atomic E-state index is 0.193. The van der Waals surface area contributed by atoms with Gasteiger partial charge in [-0.25, -0.2) is 4.39 Å². The van der Waals surface area contributed by atoms with Crippen molar-refractivity contribution in [1.82, 2.24) is 0 Å². The number of hydrogen-bond donors (Lipinski definition) is 1. The first kappa shape index (κ1) is 11.1. The predicted molar refractivity (Wildman–Crippen MR) is 67.8 cm³/mol. The molecule has 3 heteroatoms. The normalized spacial score (nSPS) is 10.4. The minimum Gasteiger partial charge on any atom is -0.398 e. The van der Waals surface area contributed by atoms with Gasteiger partial charge in [0, 0.05) is 16.6 Å². The van der Waals surface area contributed by atoms with Gasteiger partial charge in [-0.05, 0) is 35.4 Å². The summed E-state index contributed by atoms with van der Waals surface area (Å²) in [7, 11) is 0. The van der Waals surface area contributed by atoms with Crippen molar-refractivity contribution >= 4 is 21.6 Å². The van der Waals surface area contributed by atoms with Crippen molar-refractivity contribution in [3.05, 3.63) is 63.9 Å². The summed E-state index contributed by atoms with van der Waals surface area (Å²) in [6.45, 7) is 0. The van der Waals surface area contributed by atoms with Gasteiger partial charge in [-0.15, -0.1) is 0 Å². The van der Waals surface area contributed by atoms with E-state index in [4.69, 9.17) is 5.73 Å². The molecule has 0 radical (unpaired) electrons. The van der Waals surface area contributed by atoms with Crippen LogP contribution in [0, 0.1) is 5.82 Å². The SMILES string of the molecule is Nc1ccc(Br)cc1Cc1ccccc1F. The van der Waals surface area contributed by atoms with E-state index in [1.165, 1.54) is 6.07 Å². The smallest absolute Gasteiger partial charge is 0.126 e. The molecule has 0 unspecified atom stereocenters. The molecule has 0 saturated heterocycles. The molecule has 2 aromatic rings. The maximum absolute atomic E-state index is 13.5. The lowest BCUT2D eigenvalue weighted by Gasteiger charge is -2.07. The summed E-state index contributed by atoms with van der Waals surface area (Å²) in [5.41, 5.74) is 8.12. The van der Waals surface area contributed by atoms with E-state index >= 15 is 0 Å². The van der Waals surface area contributed by atoms with E-state index in [2.05, 4.69) is 15.9 Å². The van der Waals surface area contributed by atoms with E-state index < -0.39 is 0 Å². The average molecular weight is 280 g/mol. The van der Waals surface area contributed by atoms with Crippen molar-refractivity contribution in [3.8, 4) is 0 Å². The molecule has 0 aliphatic rings. The molecule has 16 heavy (non-hydrogen) atoms. The van der Waals surface area contributed by atoms with Crippen LogP contribution in [-0.2, 0) is 6.42 Å². The first-order valence-corrected chi connectivity index (χ1v) is 5.73. The summed E-state index contributed by atoms with van der Waals surface area (Å²) in [6, 6.07) is 12.4. The quantitative estimate of drug-likeness (QED) is 0.833. The molecule has 0 heterocycles. The largest absolute Gasteiger partial charge is 0.398 e. The molecule has 0 atom stereocenters. The second-order valence-electron chi connectivity index (χ2n) is 3.61. The van der Waals surface area contributed by atoms with Crippen LogP contribution in [0.2, 0.25) is 0 Å². The van der Waals surface area contributed by atoms with Crippen LogP contribution in [0.3, 0.4) is 0 Å². The molecule has 0 saturated carbocycles. The van der Waals surface area contributed by atoms with Crippen molar-refractivity contribution in [3.63, 3.8) is 0 Å². The van der Waals surface area contributed by atoms with Gasteiger partial charge in [-0.2, -0.15) is 0 Å². The molecule has 0 amide bonds. The Balaban J connectivity index is 2.34. The number of rotatable bonds is 2. The molecule has 0 fully saturated rings. The monoisotopic (exact) mass is 279 g/mol. The highest BCUT2D eigenvalue weighted by atomic mass is 79.9. The zero-order valence-corrected chi connectivity index (χ0v) is 10.2. The Bertz CT molecular complexity index is 511. The fourth-order valence-corrected chi connectivity index (χ4v) is 1.98. The van der Waals surface area contributed by atoms with E-state index in [0.717, 1.165) is 10.0 Å². The Morgan fingerprint density at radius 3 is 2.56 bits per heavy atom. The molecule has 0 bridgehead atoms. The van der Waals surface area contributed by atoms with E-state index in [1.54, 1.807) is 12.1 Å². The second kappa shape index (κ2) is 4.66. The summed E-state index contributed by atoms with van der Waals surface area (Å²) in [5.74, 6) is -0.193. The lowest BCUT2D eigenvalue weighted by atomic mass is 10.0. The van der Waals surface area contributed by atoms with Gasteiger partial charge in [0.2, 0.25) is 0 Å². The summed E-state index contributed by atoms with van der Waals surface area (Å²) in [5, 5.41) is 0. The number of nitrogens with two attached hydrogens (primary N) is 1. The molecular weight excluding hydrogens is 269 g/mol. The number of hydrogen-bond acceptors (Lipinski definition) is 1. The third kappa shape index (κ3) is 2.42. The van der Waals surface area contributed by atoms with E-state index in [1.807, 2.05) is 24.3 Å². The highest BCUT2D eigenvalue weighted by Gasteiger charge is 2.05. The molecule has 82 valence electrons. The summed E-state index contributed by atoms with van der Waals surface area (Å²) in [4.78, 5) is 0. The van der Waals surface area contributed by atoms with E-state index in [-0.39, 0.29) is 5.82 Å². The number of halogens is 2. The molecule has 0 aliphatic carbocycles. The van der Waals surface area contributed by atoms with Crippen molar-refractivity contribution in [1.29, 1.82) is 0 Å². The zero-order valence-electron chi connectivity index (χ0n) is 8.58. The summed E-state index contributed by atoms with van der Waals surface area (Å²) < 4.78 is 14.4. The average Bonchev–Trinajstić information content (AvgIpc) is 2.27. The van der Waals surface area contributed by atoms with Crippen LogP contribution in [0.1, 0.15) is 11.1 Å². The van der Waals surface area contributed by atoms with Crippen molar-refractivity contribution in [2.24, 2.45) is 0 Å². The van der Waals surface area contributed by atoms with Gasteiger partial charge < -0.3 is 5.73 Å². The van der Waals surface area contributed by atoms with Gasteiger partial charge >= 0.3 is 0 Å². The highest BCUT2D eigenvalue weighted by molar-refractivity contribution is 9.10. The molecule has 0 aromatic heterocycles. The van der Waals surface area contributed by atoms with Gasteiger partial charge in [0.1, 0.15) is 5.82 Å². The van der Waals surface area contributed by atoms with Crippen molar-refractivity contribution in [2.75, 3.05) is 5.73 Å². The van der Waals surface area contributed by atoms with E-state index in [0.29, 0.717) is 17.7 Å².